The van der Waals surface area contributed by atoms with E-state index in [0.29, 0.717) is 0 Å². The normalized spacial score (nSPS) is 10.8. The zero-order chi connectivity index (χ0) is 18.8. The maximum atomic E-state index is 9.10. The minimum Gasteiger partial charge on any atom is -0.473 e. The fourth-order valence-electron chi connectivity index (χ4n) is 1.85. The van der Waals surface area contributed by atoms with Crippen molar-refractivity contribution in [2.24, 2.45) is 0 Å². The number of hydrogen-bond acceptors (Lipinski definition) is 4. The topological polar surface area (TPSA) is 90.7 Å². The molecule has 25 heavy (non-hydrogen) atoms. The summed E-state index contributed by atoms with van der Waals surface area (Å²) in [6.07, 6.45) is 5.94. The molecule has 0 unspecified atom stereocenters. The quantitative estimate of drug-likeness (QED) is 0.758. The molecule has 0 aliphatic heterocycles. The number of hydrogen-bond donors (Lipinski definition) is 2. The molecular formula is C18H19BrN2O4. The van der Waals surface area contributed by atoms with Gasteiger partial charge in [0.15, 0.2) is 0 Å². The van der Waals surface area contributed by atoms with E-state index >= 15 is 0 Å². The lowest BCUT2D eigenvalue weighted by Gasteiger charge is -2.11. The molecule has 132 valence electrons. The zero-order valence-corrected chi connectivity index (χ0v) is 15.5. The van der Waals surface area contributed by atoms with Gasteiger partial charge in [0.1, 0.15) is 0 Å². The van der Waals surface area contributed by atoms with Gasteiger partial charge in [-0.1, -0.05) is 40.2 Å². The van der Waals surface area contributed by atoms with Crippen molar-refractivity contribution in [1.29, 1.82) is 0 Å². The molecule has 1 heterocycles. The summed E-state index contributed by atoms with van der Waals surface area (Å²) in [6.45, 7) is 0.900. The van der Waals surface area contributed by atoms with Crippen LogP contribution in [0.15, 0.2) is 59.3 Å². The van der Waals surface area contributed by atoms with Gasteiger partial charge in [0.25, 0.3) is 0 Å². The van der Waals surface area contributed by atoms with E-state index < -0.39 is 11.9 Å². The predicted molar refractivity (Wildman–Crippen MR) is 99.3 cm³/mol. The molecule has 2 aromatic rings. The summed E-state index contributed by atoms with van der Waals surface area (Å²) in [6, 6.07) is 12.4. The maximum Gasteiger partial charge on any atom is 0.414 e. The number of benzene rings is 1. The Morgan fingerprint density at radius 2 is 1.76 bits per heavy atom. The van der Waals surface area contributed by atoms with Gasteiger partial charge >= 0.3 is 11.9 Å². The molecule has 2 N–H and O–H groups in total. The first kappa shape index (κ1) is 20.5. The van der Waals surface area contributed by atoms with Crippen LogP contribution in [0.5, 0.6) is 0 Å². The maximum absolute atomic E-state index is 9.10. The van der Waals surface area contributed by atoms with E-state index in [4.69, 9.17) is 19.8 Å². The van der Waals surface area contributed by atoms with Crippen LogP contribution in [0.1, 0.15) is 11.1 Å². The molecule has 2 rings (SSSR count). The van der Waals surface area contributed by atoms with E-state index in [1.807, 2.05) is 18.3 Å². The second-order valence-electron chi connectivity index (χ2n) is 5.24. The summed E-state index contributed by atoms with van der Waals surface area (Å²) in [5.41, 5.74) is 3.55. The third-order valence-electron chi connectivity index (χ3n) is 2.95. The Hall–Kier alpha value is -2.51. The number of carbonyl (C=O) groups is 2. The van der Waals surface area contributed by atoms with Crippen LogP contribution in [0.4, 0.5) is 0 Å². The van der Waals surface area contributed by atoms with Gasteiger partial charge < -0.3 is 15.1 Å². The van der Waals surface area contributed by atoms with E-state index in [1.165, 1.54) is 11.1 Å². The second kappa shape index (κ2) is 10.4. The molecule has 0 radical (unpaired) electrons. The van der Waals surface area contributed by atoms with Crippen LogP contribution in [-0.4, -0.2) is 52.7 Å². The molecule has 1 aromatic carbocycles. The van der Waals surface area contributed by atoms with Crippen molar-refractivity contribution in [3.05, 3.63) is 70.5 Å². The van der Waals surface area contributed by atoms with Crippen LogP contribution in [-0.2, 0) is 9.59 Å². The highest BCUT2D eigenvalue weighted by atomic mass is 79.9. The molecule has 7 heteroatoms. The lowest BCUT2D eigenvalue weighted by atomic mass is 9.99. The molecular weight excluding hydrogens is 388 g/mol. The number of carboxylic acids is 2. The number of halogens is 1. The molecule has 0 saturated heterocycles. The Balaban J connectivity index is 0.000000450. The summed E-state index contributed by atoms with van der Waals surface area (Å²) in [5.74, 6) is -3.65. The average molecular weight is 407 g/mol. The Morgan fingerprint density at radius 3 is 2.24 bits per heavy atom. The molecule has 0 spiro atoms. The van der Waals surface area contributed by atoms with Gasteiger partial charge in [0.05, 0.1) is 0 Å². The summed E-state index contributed by atoms with van der Waals surface area (Å²) < 4.78 is 1.09. The molecule has 0 amide bonds. The minimum absolute atomic E-state index is 0.900. The lowest BCUT2D eigenvalue weighted by molar-refractivity contribution is -0.159. The highest BCUT2D eigenvalue weighted by Gasteiger charge is 2.06. The van der Waals surface area contributed by atoms with E-state index in [-0.39, 0.29) is 0 Å². The van der Waals surface area contributed by atoms with Gasteiger partial charge in [-0.25, -0.2) is 9.59 Å². The molecule has 0 aliphatic carbocycles. The van der Waals surface area contributed by atoms with E-state index in [1.54, 1.807) is 6.20 Å². The summed E-state index contributed by atoms with van der Waals surface area (Å²) >= 11 is 3.53. The van der Waals surface area contributed by atoms with Crippen LogP contribution in [0, 0.1) is 0 Å². The van der Waals surface area contributed by atoms with Gasteiger partial charge in [-0.2, -0.15) is 0 Å². The number of aromatic nitrogens is 1. The predicted octanol–water partition coefficient (Wildman–Crippen LogP) is 2.99. The summed E-state index contributed by atoms with van der Waals surface area (Å²) in [4.78, 5) is 24.6. The molecule has 0 saturated carbocycles. The smallest absolute Gasteiger partial charge is 0.414 e. The van der Waals surface area contributed by atoms with E-state index in [2.05, 4.69) is 70.3 Å². The molecule has 0 fully saturated rings. The molecule has 0 aliphatic rings. The van der Waals surface area contributed by atoms with Crippen molar-refractivity contribution >= 4 is 33.4 Å². The molecule has 6 nitrogen and oxygen atoms in total. The fourth-order valence-corrected chi connectivity index (χ4v) is 2.25. The second-order valence-corrected chi connectivity index (χ2v) is 6.16. The van der Waals surface area contributed by atoms with Gasteiger partial charge in [-0.3, -0.25) is 4.98 Å². The molecule has 0 atom stereocenters. The first-order valence-electron chi connectivity index (χ1n) is 7.28. The first-order valence-corrected chi connectivity index (χ1v) is 8.08. The van der Waals surface area contributed by atoms with Crippen molar-refractivity contribution in [3.8, 4) is 0 Å². The third-order valence-corrected chi connectivity index (χ3v) is 3.44. The highest BCUT2D eigenvalue weighted by Crippen LogP contribution is 2.25. The lowest BCUT2D eigenvalue weighted by Crippen LogP contribution is -2.11. The average Bonchev–Trinajstić information content (AvgIpc) is 2.56. The van der Waals surface area contributed by atoms with Crippen LogP contribution in [0.3, 0.4) is 0 Å². The van der Waals surface area contributed by atoms with Crippen molar-refractivity contribution in [2.45, 2.75) is 0 Å². The van der Waals surface area contributed by atoms with Crippen LogP contribution < -0.4 is 0 Å². The standard InChI is InChI=1S/C16H17BrN2.C2H2O4/c1-19(2)10-8-16(14-6-4-9-18-12-14)13-5-3-7-15(17)11-13;3-1(4)2(5)6/h3-9,11-12H,10H2,1-2H3;(H,3,4)(H,5,6). The van der Waals surface area contributed by atoms with Gasteiger partial charge in [0, 0.05) is 29.0 Å². The monoisotopic (exact) mass is 406 g/mol. The Bertz CT molecular complexity index is 734. The Kier molecular flexibility index (Phi) is 8.52. The van der Waals surface area contributed by atoms with Crippen LogP contribution >= 0.6 is 15.9 Å². The number of nitrogens with zero attached hydrogens (tertiary/aromatic N) is 2. The van der Waals surface area contributed by atoms with E-state index in [9.17, 15) is 0 Å². The first-order chi connectivity index (χ1) is 11.8. The van der Waals surface area contributed by atoms with Gasteiger partial charge in [-0.05, 0) is 43.4 Å². The summed E-state index contributed by atoms with van der Waals surface area (Å²) in [7, 11) is 4.14. The highest BCUT2D eigenvalue weighted by molar-refractivity contribution is 9.10. The Labute approximate surface area is 154 Å². The van der Waals surface area contributed by atoms with E-state index in [0.717, 1.165) is 16.6 Å². The van der Waals surface area contributed by atoms with Crippen molar-refractivity contribution in [3.63, 3.8) is 0 Å². The van der Waals surface area contributed by atoms with Gasteiger partial charge in [0.2, 0.25) is 0 Å². The largest absolute Gasteiger partial charge is 0.473 e. The SMILES string of the molecule is CN(C)CC=C(c1cccnc1)c1cccc(Br)c1.O=C(O)C(=O)O. The fraction of sp³-hybridized carbons (Fsp3) is 0.167. The Morgan fingerprint density at radius 1 is 1.12 bits per heavy atom. The molecule has 0 bridgehead atoms. The summed E-state index contributed by atoms with van der Waals surface area (Å²) in [5, 5.41) is 14.8. The zero-order valence-electron chi connectivity index (χ0n) is 13.9. The number of rotatable bonds is 4. The number of carboxylic acid groups (broad SMARTS) is 2. The number of aliphatic carboxylic acids is 2. The molecule has 1 aromatic heterocycles. The van der Waals surface area contributed by atoms with Crippen molar-refractivity contribution in [1.82, 2.24) is 9.88 Å². The van der Waals surface area contributed by atoms with Crippen LogP contribution in [0.25, 0.3) is 5.57 Å². The van der Waals surface area contributed by atoms with Crippen molar-refractivity contribution < 1.29 is 19.8 Å². The minimum atomic E-state index is -1.82. The van der Waals surface area contributed by atoms with Crippen LogP contribution in [0.2, 0.25) is 0 Å². The van der Waals surface area contributed by atoms with Gasteiger partial charge in [-0.15, -0.1) is 0 Å². The number of pyridine rings is 1. The number of likely N-dealkylation sites (N-methyl/N-ethyl adjacent to an activating group) is 1. The van der Waals surface area contributed by atoms with Crippen molar-refractivity contribution in [2.75, 3.05) is 20.6 Å². The third kappa shape index (κ3) is 7.73.